The lowest BCUT2D eigenvalue weighted by Gasteiger charge is -2.20. The first-order valence-electron chi connectivity index (χ1n) is 7.28. The molecule has 2 amide bonds. The molecule has 0 unspecified atom stereocenters. The summed E-state index contributed by atoms with van der Waals surface area (Å²) in [7, 11) is 0. The Labute approximate surface area is 120 Å². The minimum atomic E-state index is -0.240. The summed E-state index contributed by atoms with van der Waals surface area (Å²) in [5.74, 6) is 0.874. The minimum absolute atomic E-state index is 0.193. The van der Waals surface area contributed by atoms with E-state index in [-0.39, 0.29) is 11.6 Å². The molecule has 2 rings (SSSR count). The number of rotatable bonds is 3. The second-order valence-electron chi connectivity index (χ2n) is 6.38. The SMILES string of the molecule is CC(C)(C)NC(=O)Nc1ccc(OC2CCCC2)cc1. The Morgan fingerprint density at radius 2 is 1.75 bits per heavy atom. The number of nitrogens with one attached hydrogen (secondary N) is 2. The zero-order chi connectivity index (χ0) is 14.6. The van der Waals surface area contributed by atoms with Crippen LogP contribution in [0.2, 0.25) is 0 Å². The highest BCUT2D eigenvalue weighted by molar-refractivity contribution is 5.89. The Morgan fingerprint density at radius 1 is 1.15 bits per heavy atom. The van der Waals surface area contributed by atoms with Gasteiger partial charge in [-0.05, 0) is 70.7 Å². The van der Waals surface area contributed by atoms with Crippen LogP contribution in [0.25, 0.3) is 0 Å². The third-order valence-corrected chi connectivity index (χ3v) is 3.21. The van der Waals surface area contributed by atoms with Gasteiger partial charge in [0.15, 0.2) is 0 Å². The van der Waals surface area contributed by atoms with E-state index in [4.69, 9.17) is 4.74 Å². The van der Waals surface area contributed by atoms with Crippen molar-refractivity contribution in [2.75, 3.05) is 5.32 Å². The van der Waals surface area contributed by atoms with Gasteiger partial charge in [-0.2, -0.15) is 0 Å². The number of anilines is 1. The summed E-state index contributed by atoms with van der Waals surface area (Å²) in [6, 6.07) is 7.36. The summed E-state index contributed by atoms with van der Waals surface area (Å²) in [4.78, 5) is 11.7. The molecular weight excluding hydrogens is 252 g/mol. The molecule has 0 spiro atoms. The van der Waals surface area contributed by atoms with Gasteiger partial charge in [0.1, 0.15) is 5.75 Å². The second-order valence-corrected chi connectivity index (χ2v) is 6.38. The van der Waals surface area contributed by atoms with Crippen LogP contribution in [-0.4, -0.2) is 17.7 Å². The van der Waals surface area contributed by atoms with Crippen LogP contribution in [0.3, 0.4) is 0 Å². The Kier molecular flexibility index (Phi) is 4.53. The highest BCUT2D eigenvalue weighted by atomic mass is 16.5. The summed E-state index contributed by atoms with van der Waals surface area (Å²) >= 11 is 0. The normalized spacial score (nSPS) is 15.9. The van der Waals surface area contributed by atoms with Crippen LogP contribution in [-0.2, 0) is 0 Å². The summed E-state index contributed by atoms with van der Waals surface area (Å²) in [6.07, 6.45) is 5.18. The van der Waals surface area contributed by atoms with Gasteiger partial charge >= 0.3 is 6.03 Å². The molecule has 4 nitrogen and oxygen atoms in total. The number of benzene rings is 1. The van der Waals surface area contributed by atoms with E-state index in [9.17, 15) is 4.79 Å². The van der Waals surface area contributed by atoms with Crippen molar-refractivity contribution in [3.63, 3.8) is 0 Å². The molecule has 0 aliphatic heterocycles. The van der Waals surface area contributed by atoms with E-state index in [0.29, 0.717) is 6.10 Å². The molecule has 0 radical (unpaired) electrons. The minimum Gasteiger partial charge on any atom is -0.490 e. The topological polar surface area (TPSA) is 50.4 Å². The molecule has 1 aliphatic carbocycles. The maximum absolute atomic E-state index is 11.7. The van der Waals surface area contributed by atoms with Gasteiger partial charge in [0.25, 0.3) is 0 Å². The standard InChI is InChI=1S/C16H24N2O2/c1-16(2,3)18-15(19)17-12-8-10-14(11-9-12)20-13-6-4-5-7-13/h8-11,13H,4-7H2,1-3H3,(H2,17,18,19). The molecule has 4 heteroatoms. The van der Waals surface area contributed by atoms with Crippen molar-refractivity contribution in [2.45, 2.75) is 58.1 Å². The number of hydrogen-bond acceptors (Lipinski definition) is 2. The van der Waals surface area contributed by atoms with Crippen molar-refractivity contribution >= 4 is 11.7 Å². The van der Waals surface area contributed by atoms with Gasteiger partial charge in [-0.1, -0.05) is 0 Å². The zero-order valence-corrected chi connectivity index (χ0v) is 12.5. The molecule has 0 heterocycles. The first-order valence-corrected chi connectivity index (χ1v) is 7.28. The predicted molar refractivity (Wildman–Crippen MR) is 81.2 cm³/mol. The lowest BCUT2D eigenvalue weighted by Crippen LogP contribution is -2.43. The fraction of sp³-hybridized carbons (Fsp3) is 0.562. The number of urea groups is 1. The van der Waals surface area contributed by atoms with Crippen LogP contribution >= 0.6 is 0 Å². The molecular formula is C16H24N2O2. The van der Waals surface area contributed by atoms with Gasteiger partial charge in [-0.3, -0.25) is 0 Å². The van der Waals surface area contributed by atoms with Crippen molar-refractivity contribution in [3.05, 3.63) is 24.3 Å². The number of ether oxygens (including phenoxy) is 1. The van der Waals surface area contributed by atoms with E-state index in [0.717, 1.165) is 24.3 Å². The Balaban J connectivity index is 1.86. The van der Waals surface area contributed by atoms with Crippen molar-refractivity contribution in [3.8, 4) is 5.75 Å². The lowest BCUT2D eigenvalue weighted by atomic mass is 10.1. The van der Waals surface area contributed by atoms with Gasteiger partial charge in [0, 0.05) is 11.2 Å². The second kappa shape index (κ2) is 6.16. The van der Waals surface area contributed by atoms with E-state index in [1.165, 1.54) is 12.8 Å². The largest absolute Gasteiger partial charge is 0.490 e. The van der Waals surface area contributed by atoms with Crippen LogP contribution in [0, 0.1) is 0 Å². The van der Waals surface area contributed by atoms with Crippen molar-refractivity contribution in [1.82, 2.24) is 5.32 Å². The van der Waals surface area contributed by atoms with Gasteiger partial charge in [-0.15, -0.1) is 0 Å². The molecule has 1 aromatic rings. The third-order valence-electron chi connectivity index (χ3n) is 3.21. The summed E-state index contributed by atoms with van der Waals surface area (Å²) in [5, 5.41) is 5.67. The Hall–Kier alpha value is -1.71. The first kappa shape index (κ1) is 14.7. The van der Waals surface area contributed by atoms with Gasteiger partial charge in [-0.25, -0.2) is 4.79 Å². The molecule has 0 bridgehead atoms. The molecule has 2 N–H and O–H groups in total. The lowest BCUT2D eigenvalue weighted by molar-refractivity contribution is 0.210. The molecule has 0 saturated heterocycles. The molecule has 1 fully saturated rings. The number of carbonyl (C=O) groups is 1. The van der Waals surface area contributed by atoms with Crippen molar-refractivity contribution in [2.24, 2.45) is 0 Å². The quantitative estimate of drug-likeness (QED) is 0.879. The fourth-order valence-corrected chi connectivity index (χ4v) is 2.32. The number of hydrogen-bond donors (Lipinski definition) is 2. The maximum Gasteiger partial charge on any atom is 0.319 e. The van der Waals surface area contributed by atoms with E-state index in [2.05, 4.69) is 10.6 Å². The fourth-order valence-electron chi connectivity index (χ4n) is 2.32. The van der Waals surface area contributed by atoms with Crippen LogP contribution < -0.4 is 15.4 Å². The van der Waals surface area contributed by atoms with Crippen LogP contribution in [0.5, 0.6) is 5.75 Å². The molecule has 1 aliphatic rings. The zero-order valence-electron chi connectivity index (χ0n) is 12.5. The molecule has 20 heavy (non-hydrogen) atoms. The molecule has 110 valence electrons. The van der Waals surface area contributed by atoms with E-state index >= 15 is 0 Å². The molecule has 0 atom stereocenters. The summed E-state index contributed by atoms with van der Waals surface area (Å²) in [5.41, 5.74) is 0.529. The Bertz CT molecular complexity index is 443. The van der Waals surface area contributed by atoms with E-state index < -0.39 is 0 Å². The van der Waals surface area contributed by atoms with Gasteiger partial charge in [0.2, 0.25) is 0 Å². The van der Waals surface area contributed by atoms with Crippen molar-refractivity contribution < 1.29 is 9.53 Å². The van der Waals surface area contributed by atoms with Crippen molar-refractivity contribution in [1.29, 1.82) is 0 Å². The summed E-state index contributed by atoms with van der Waals surface area (Å²) < 4.78 is 5.89. The predicted octanol–water partition coefficient (Wildman–Crippen LogP) is 3.93. The highest BCUT2D eigenvalue weighted by Crippen LogP contribution is 2.24. The smallest absolute Gasteiger partial charge is 0.319 e. The summed E-state index contributed by atoms with van der Waals surface area (Å²) in [6.45, 7) is 5.85. The van der Waals surface area contributed by atoms with E-state index in [1.807, 2.05) is 45.0 Å². The maximum atomic E-state index is 11.7. The van der Waals surface area contributed by atoms with Crippen LogP contribution in [0.1, 0.15) is 46.5 Å². The molecule has 0 aromatic heterocycles. The van der Waals surface area contributed by atoms with Gasteiger partial charge in [0.05, 0.1) is 6.10 Å². The number of amides is 2. The van der Waals surface area contributed by atoms with Gasteiger partial charge < -0.3 is 15.4 Å². The highest BCUT2D eigenvalue weighted by Gasteiger charge is 2.16. The molecule has 1 saturated carbocycles. The first-order chi connectivity index (χ1) is 9.42. The average molecular weight is 276 g/mol. The van der Waals surface area contributed by atoms with Crippen LogP contribution in [0.15, 0.2) is 24.3 Å². The Morgan fingerprint density at radius 3 is 2.30 bits per heavy atom. The van der Waals surface area contributed by atoms with E-state index in [1.54, 1.807) is 0 Å². The number of carbonyl (C=O) groups excluding carboxylic acids is 1. The average Bonchev–Trinajstić information content (AvgIpc) is 2.82. The van der Waals surface area contributed by atoms with Crippen LogP contribution in [0.4, 0.5) is 10.5 Å². The third kappa shape index (κ3) is 4.76. The monoisotopic (exact) mass is 276 g/mol. The molecule has 1 aromatic carbocycles.